The van der Waals surface area contributed by atoms with Crippen LogP contribution in [-0.2, 0) is 18.4 Å². The van der Waals surface area contributed by atoms with E-state index in [9.17, 15) is 18.4 Å². The van der Waals surface area contributed by atoms with Crippen LogP contribution in [0.5, 0.6) is 0 Å². The largest absolute Gasteiger partial charge is 0.324 e. The molecule has 0 unspecified atom stereocenters. The van der Waals surface area contributed by atoms with Crippen molar-refractivity contribution in [3.63, 3.8) is 0 Å². The van der Waals surface area contributed by atoms with E-state index >= 15 is 0 Å². The number of hydrogen-bond donors (Lipinski definition) is 2. The van der Waals surface area contributed by atoms with E-state index in [4.69, 9.17) is 0 Å². The van der Waals surface area contributed by atoms with Gasteiger partial charge in [-0.2, -0.15) is 10.2 Å². The summed E-state index contributed by atoms with van der Waals surface area (Å²) in [6.07, 6.45) is 0.810. The Hall–Kier alpha value is -3.56. The van der Waals surface area contributed by atoms with E-state index < -0.39 is 12.3 Å². The smallest absolute Gasteiger partial charge is 0.282 e. The van der Waals surface area contributed by atoms with Gasteiger partial charge in [-0.1, -0.05) is 6.07 Å². The topological polar surface area (TPSA) is 93.8 Å². The van der Waals surface area contributed by atoms with Gasteiger partial charge in [0.05, 0.1) is 0 Å². The molecule has 2 heterocycles. The fourth-order valence-electron chi connectivity index (χ4n) is 3.14. The van der Waals surface area contributed by atoms with Crippen LogP contribution in [0.1, 0.15) is 47.1 Å². The zero-order chi connectivity index (χ0) is 21.3. The molecule has 1 fully saturated rings. The molecule has 0 saturated heterocycles. The number of alkyl halides is 2. The SMILES string of the molecule is Cn1ccc(C(=O)Nc2cccc(NC(=O)Cn3nc(C(F)F)cc3C3CC3)c2)n1. The van der Waals surface area contributed by atoms with E-state index in [1.165, 1.54) is 15.4 Å². The zero-order valence-corrected chi connectivity index (χ0v) is 16.2. The van der Waals surface area contributed by atoms with Gasteiger partial charge in [0.2, 0.25) is 5.91 Å². The van der Waals surface area contributed by atoms with E-state index in [0.29, 0.717) is 17.1 Å². The van der Waals surface area contributed by atoms with Crippen molar-refractivity contribution in [3.8, 4) is 0 Å². The molecule has 0 atom stereocenters. The lowest BCUT2D eigenvalue weighted by Gasteiger charge is -2.10. The molecule has 0 radical (unpaired) electrons. The monoisotopic (exact) mass is 414 g/mol. The average Bonchev–Trinajstić information content (AvgIpc) is 3.30. The molecule has 2 N–H and O–H groups in total. The fraction of sp³-hybridized carbons (Fsp3) is 0.300. The lowest BCUT2D eigenvalue weighted by Crippen LogP contribution is -2.21. The molecule has 1 aliphatic carbocycles. The third-order valence-corrected chi connectivity index (χ3v) is 4.69. The molecule has 1 aromatic carbocycles. The highest BCUT2D eigenvalue weighted by atomic mass is 19.3. The highest BCUT2D eigenvalue weighted by molar-refractivity contribution is 6.03. The Morgan fingerprint density at radius 3 is 2.50 bits per heavy atom. The third-order valence-electron chi connectivity index (χ3n) is 4.69. The molecule has 1 aliphatic rings. The molecule has 4 rings (SSSR count). The van der Waals surface area contributed by atoms with Crippen molar-refractivity contribution in [2.75, 3.05) is 10.6 Å². The maximum Gasteiger partial charge on any atom is 0.282 e. The predicted molar refractivity (Wildman–Crippen MR) is 105 cm³/mol. The van der Waals surface area contributed by atoms with Crippen molar-refractivity contribution in [1.82, 2.24) is 19.6 Å². The van der Waals surface area contributed by atoms with Crippen molar-refractivity contribution in [2.45, 2.75) is 31.7 Å². The summed E-state index contributed by atoms with van der Waals surface area (Å²) < 4.78 is 28.8. The summed E-state index contributed by atoms with van der Waals surface area (Å²) in [6.45, 7) is -0.164. The number of anilines is 2. The molecule has 156 valence electrons. The number of hydrogen-bond acceptors (Lipinski definition) is 4. The maximum atomic E-state index is 13.0. The van der Waals surface area contributed by atoms with Crippen LogP contribution in [0, 0.1) is 0 Å². The Morgan fingerprint density at radius 2 is 1.87 bits per heavy atom. The van der Waals surface area contributed by atoms with Gasteiger partial charge < -0.3 is 10.6 Å². The maximum absolute atomic E-state index is 13.0. The summed E-state index contributed by atoms with van der Waals surface area (Å²) >= 11 is 0. The number of amides is 2. The van der Waals surface area contributed by atoms with Crippen LogP contribution in [0.3, 0.4) is 0 Å². The molecule has 0 bridgehead atoms. The highest BCUT2D eigenvalue weighted by Gasteiger charge is 2.30. The number of aromatic nitrogens is 4. The summed E-state index contributed by atoms with van der Waals surface area (Å²) in [6, 6.07) is 9.61. The summed E-state index contributed by atoms with van der Waals surface area (Å²) in [7, 11) is 1.71. The molecular formula is C20H20F2N6O2. The van der Waals surface area contributed by atoms with Gasteiger partial charge in [-0.3, -0.25) is 19.0 Å². The number of aryl methyl sites for hydroxylation is 1. The van der Waals surface area contributed by atoms with Crippen LogP contribution in [0.4, 0.5) is 20.2 Å². The highest BCUT2D eigenvalue weighted by Crippen LogP contribution is 2.41. The van der Waals surface area contributed by atoms with Crippen LogP contribution in [-0.4, -0.2) is 31.4 Å². The lowest BCUT2D eigenvalue weighted by molar-refractivity contribution is -0.117. The van der Waals surface area contributed by atoms with Crippen molar-refractivity contribution in [3.05, 3.63) is 59.7 Å². The normalized spacial score (nSPS) is 13.5. The van der Waals surface area contributed by atoms with Crippen LogP contribution in [0.15, 0.2) is 42.6 Å². The second-order valence-corrected chi connectivity index (χ2v) is 7.18. The first kappa shape index (κ1) is 19.7. The Kier molecular flexibility index (Phi) is 5.30. The second-order valence-electron chi connectivity index (χ2n) is 7.18. The molecule has 1 saturated carbocycles. The van der Waals surface area contributed by atoms with Crippen molar-refractivity contribution < 1.29 is 18.4 Å². The molecular weight excluding hydrogens is 394 g/mol. The average molecular weight is 414 g/mol. The number of nitrogens with one attached hydrogen (secondary N) is 2. The summed E-state index contributed by atoms with van der Waals surface area (Å²) in [4.78, 5) is 24.7. The van der Waals surface area contributed by atoms with E-state index in [-0.39, 0.29) is 29.8 Å². The number of carbonyl (C=O) groups excluding carboxylic acids is 2. The number of nitrogens with zero attached hydrogens (tertiary/aromatic N) is 4. The number of rotatable bonds is 7. The first-order chi connectivity index (χ1) is 14.4. The minimum atomic E-state index is -2.67. The minimum absolute atomic E-state index is 0.164. The van der Waals surface area contributed by atoms with Gasteiger partial charge in [0.1, 0.15) is 12.2 Å². The summed E-state index contributed by atoms with van der Waals surface area (Å²) in [5.74, 6) is -0.582. The molecule has 3 aromatic rings. The Morgan fingerprint density at radius 1 is 1.13 bits per heavy atom. The van der Waals surface area contributed by atoms with E-state index in [1.54, 1.807) is 43.6 Å². The number of halogens is 2. The first-order valence-electron chi connectivity index (χ1n) is 9.46. The molecule has 2 amide bonds. The van der Waals surface area contributed by atoms with Crippen molar-refractivity contribution in [2.24, 2.45) is 7.05 Å². The molecule has 2 aromatic heterocycles. The van der Waals surface area contributed by atoms with Crippen molar-refractivity contribution >= 4 is 23.2 Å². The molecule has 0 spiro atoms. The van der Waals surface area contributed by atoms with Gasteiger partial charge in [-0.05, 0) is 43.2 Å². The predicted octanol–water partition coefficient (Wildman–Crippen LogP) is 3.32. The van der Waals surface area contributed by atoms with Crippen molar-refractivity contribution in [1.29, 1.82) is 0 Å². The number of carbonyl (C=O) groups is 2. The second kappa shape index (κ2) is 8.05. The van der Waals surface area contributed by atoms with Gasteiger partial charge in [0.25, 0.3) is 12.3 Å². The Balaban J connectivity index is 1.41. The van der Waals surface area contributed by atoms with Crippen LogP contribution in [0.2, 0.25) is 0 Å². The van der Waals surface area contributed by atoms with Gasteiger partial charge in [-0.25, -0.2) is 8.78 Å². The fourth-order valence-corrected chi connectivity index (χ4v) is 3.14. The van der Waals surface area contributed by atoms with E-state index in [0.717, 1.165) is 12.8 Å². The third kappa shape index (κ3) is 4.53. The molecule has 0 aliphatic heterocycles. The molecule has 8 nitrogen and oxygen atoms in total. The van der Waals surface area contributed by atoms with E-state index in [1.807, 2.05) is 0 Å². The quantitative estimate of drug-likeness (QED) is 0.620. The van der Waals surface area contributed by atoms with E-state index in [2.05, 4.69) is 20.8 Å². The van der Waals surface area contributed by atoms with Gasteiger partial charge in [0, 0.05) is 36.2 Å². The lowest BCUT2D eigenvalue weighted by atomic mass is 10.2. The van der Waals surface area contributed by atoms with Gasteiger partial charge in [-0.15, -0.1) is 0 Å². The zero-order valence-electron chi connectivity index (χ0n) is 16.2. The Bertz CT molecular complexity index is 1090. The van der Waals surface area contributed by atoms with Crippen LogP contribution in [0.25, 0.3) is 0 Å². The van der Waals surface area contributed by atoms with Gasteiger partial charge >= 0.3 is 0 Å². The molecule has 10 heteroatoms. The van der Waals surface area contributed by atoms with Gasteiger partial charge in [0.15, 0.2) is 5.69 Å². The Labute approximate surface area is 170 Å². The standard InChI is InChI=1S/C20H20F2N6O2/c1-27-8-7-15(25-27)20(30)24-14-4-2-3-13(9-14)23-18(29)11-28-17(12-5-6-12)10-16(26-28)19(21)22/h2-4,7-10,12,19H,5-6,11H2,1H3,(H,23,29)(H,24,30). The minimum Gasteiger partial charge on any atom is -0.324 e. The summed E-state index contributed by atoms with van der Waals surface area (Å²) in [5.41, 5.74) is 1.57. The van der Waals surface area contributed by atoms with Crippen LogP contribution < -0.4 is 10.6 Å². The van der Waals surface area contributed by atoms with Crippen LogP contribution >= 0.6 is 0 Å². The summed E-state index contributed by atoms with van der Waals surface area (Å²) in [5, 5.41) is 13.4. The number of benzene rings is 1. The molecule has 30 heavy (non-hydrogen) atoms. The first-order valence-corrected chi connectivity index (χ1v) is 9.46.